The Labute approximate surface area is 121 Å². The van der Waals surface area contributed by atoms with Gasteiger partial charge in [0, 0.05) is 24.6 Å². The van der Waals surface area contributed by atoms with E-state index in [0.717, 1.165) is 12.5 Å². The van der Waals surface area contributed by atoms with E-state index in [4.69, 9.17) is 11.6 Å². The Kier molecular flexibility index (Phi) is 4.60. The van der Waals surface area contributed by atoms with E-state index < -0.39 is 5.82 Å². The maximum atomic E-state index is 13.2. The van der Waals surface area contributed by atoms with Crippen molar-refractivity contribution in [1.29, 1.82) is 0 Å². The highest BCUT2D eigenvalue weighted by Gasteiger charge is 2.38. The van der Waals surface area contributed by atoms with Crippen LogP contribution in [0.5, 0.6) is 0 Å². The molecule has 0 radical (unpaired) electrons. The highest BCUT2D eigenvalue weighted by Crippen LogP contribution is 2.37. The zero-order valence-corrected chi connectivity index (χ0v) is 11.8. The van der Waals surface area contributed by atoms with E-state index in [9.17, 15) is 14.0 Å². The minimum Gasteiger partial charge on any atom is -0.355 e. The lowest BCUT2D eigenvalue weighted by Crippen LogP contribution is -2.29. The molecule has 0 bridgehead atoms. The van der Waals surface area contributed by atoms with Gasteiger partial charge in [-0.3, -0.25) is 9.59 Å². The summed E-state index contributed by atoms with van der Waals surface area (Å²) in [4.78, 5) is 23.2. The molecule has 0 aliphatic heterocycles. The topological polar surface area (TPSA) is 58.2 Å². The van der Waals surface area contributed by atoms with Gasteiger partial charge in [0.25, 0.3) is 0 Å². The molecule has 0 spiro atoms. The molecule has 2 amide bonds. The third-order valence-corrected chi connectivity index (χ3v) is 3.61. The first kappa shape index (κ1) is 14.8. The van der Waals surface area contributed by atoms with Crippen molar-refractivity contribution in [3.63, 3.8) is 0 Å². The number of nitrogens with one attached hydrogen (secondary N) is 2. The molecule has 2 N–H and O–H groups in total. The Hall–Kier alpha value is -1.62. The summed E-state index contributed by atoms with van der Waals surface area (Å²) >= 11 is 5.55. The van der Waals surface area contributed by atoms with E-state index >= 15 is 0 Å². The van der Waals surface area contributed by atoms with E-state index in [1.54, 1.807) is 0 Å². The lowest BCUT2D eigenvalue weighted by molar-refractivity contribution is -0.122. The molecular formula is C14H16ClFN2O2. The number of hydrogen-bond donors (Lipinski definition) is 2. The second-order valence-corrected chi connectivity index (χ2v) is 5.44. The highest BCUT2D eigenvalue weighted by molar-refractivity contribution is 6.30. The quantitative estimate of drug-likeness (QED) is 0.878. The van der Waals surface area contributed by atoms with Crippen molar-refractivity contribution in [2.45, 2.75) is 19.8 Å². The van der Waals surface area contributed by atoms with Crippen LogP contribution in [0.15, 0.2) is 18.2 Å². The van der Waals surface area contributed by atoms with E-state index in [-0.39, 0.29) is 35.7 Å². The number of hydrogen-bond acceptors (Lipinski definition) is 2. The minimum absolute atomic E-state index is 0.00263. The van der Waals surface area contributed by atoms with Crippen LogP contribution in [0.25, 0.3) is 0 Å². The molecule has 0 aromatic heterocycles. The first-order chi connectivity index (χ1) is 9.47. The van der Waals surface area contributed by atoms with Crippen LogP contribution in [-0.2, 0) is 9.59 Å². The van der Waals surface area contributed by atoms with Crippen molar-refractivity contribution in [1.82, 2.24) is 5.32 Å². The summed E-state index contributed by atoms with van der Waals surface area (Å²) in [6, 6.07) is 4.06. The number of halogens is 2. The van der Waals surface area contributed by atoms with Crippen LogP contribution in [0.1, 0.15) is 19.8 Å². The fourth-order valence-corrected chi connectivity index (χ4v) is 2.03. The average Bonchev–Trinajstić information content (AvgIpc) is 3.11. The van der Waals surface area contributed by atoms with E-state index in [1.807, 2.05) is 6.92 Å². The van der Waals surface area contributed by atoms with Crippen LogP contribution in [0.2, 0.25) is 5.02 Å². The zero-order valence-electron chi connectivity index (χ0n) is 11.1. The van der Waals surface area contributed by atoms with Crippen LogP contribution in [0, 0.1) is 17.7 Å². The van der Waals surface area contributed by atoms with Gasteiger partial charge in [-0.25, -0.2) is 4.39 Å². The summed E-state index contributed by atoms with van der Waals surface area (Å²) in [6.45, 7) is 2.30. The van der Waals surface area contributed by atoms with Gasteiger partial charge in [0.05, 0.1) is 5.02 Å². The number of amides is 2. The molecule has 1 saturated carbocycles. The Balaban J connectivity index is 1.72. The summed E-state index contributed by atoms with van der Waals surface area (Å²) in [6.07, 6.45) is 1.07. The second-order valence-electron chi connectivity index (χ2n) is 5.04. The lowest BCUT2D eigenvalue weighted by Gasteiger charge is -2.07. The maximum absolute atomic E-state index is 13.2. The summed E-state index contributed by atoms with van der Waals surface area (Å²) in [5.74, 6) is -0.316. The summed E-state index contributed by atoms with van der Waals surface area (Å²) in [5, 5.41) is 5.27. The van der Waals surface area contributed by atoms with Gasteiger partial charge < -0.3 is 10.6 Å². The van der Waals surface area contributed by atoms with Crippen molar-refractivity contribution in [3.05, 3.63) is 29.0 Å². The zero-order chi connectivity index (χ0) is 14.7. The van der Waals surface area contributed by atoms with Crippen molar-refractivity contribution < 1.29 is 14.0 Å². The molecule has 6 heteroatoms. The minimum atomic E-state index is -0.583. The van der Waals surface area contributed by atoms with Gasteiger partial charge in [-0.1, -0.05) is 18.5 Å². The summed E-state index contributed by atoms with van der Waals surface area (Å²) in [7, 11) is 0. The standard InChI is InChI=1S/C14H16ClFN2O2/c1-8-6-10(8)14(20)17-5-4-13(19)18-9-2-3-11(15)12(16)7-9/h2-3,7-8,10H,4-6H2,1H3,(H,17,20)(H,18,19)/t8-,10+/m1/s1. The van der Waals surface area contributed by atoms with E-state index in [2.05, 4.69) is 10.6 Å². The van der Waals surface area contributed by atoms with Crippen LogP contribution in [-0.4, -0.2) is 18.4 Å². The van der Waals surface area contributed by atoms with Gasteiger partial charge >= 0.3 is 0 Å². The van der Waals surface area contributed by atoms with Crippen molar-refractivity contribution >= 4 is 29.1 Å². The average molecular weight is 299 g/mol. The van der Waals surface area contributed by atoms with Gasteiger partial charge in [-0.2, -0.15) is 0 Å². The van der Waals surface area contributed by atoms with Gasteiger partial charge in [0.1, 0.15) is 5.82 Å². The Bertz CT molecular complexity index is 536. The number of anilines is 1. The molecule has 1 aliphatic carbocycles. The van der Waals surface area contributed by atoms with Crippen molar-refractivity contribution in [2.75, 3.05) is 11.9 Å². The molecule has 1 aromatic rings. The lowest BCUT2D eigenvalue weighted by atomic mass is 10.3. The van der Waals surface area contributed by atoms with Crippen molar-refractivity contribution in [2.24, 2.45) is 11.8 Å². The van der Waals surface area contributed by atoms with Crippen LogP contribution in [0.3, 0.4) is 0 Å². The highest BCUT2D eigenvalue weighted by atomic mass is 35.5. The fraction of sp³-hybridized carbons (Fsp3) is 0.429. The molecule has 1 aromatic carbocycles. The smallest absolute Gasteiger partial charge is 0.226 e. The third-order valence-electron chi connectivity index (χ3n) is 3.30. The van der Waals surface area contributed by atoms with Crippen LogP contribution in [0.4, 0.5) is 10.1 Å². The van der Waals surface area contributed by atoms with Gasteiger partial charge in [-0.05, 0) is 30.5 Å². The Morgan fingerprint density at radius 3 is 2.75 bits per heavy atom. The second kappa shape index (κ2) is 6.22. The van der Waals surface area contributed by atoms with Crippen LogP contribution < -0.4 is 10.6 Å². The largest absolute Gasteiger partial charge is 0.355 e. The predicted octanol–water partition coefficient (Wildman–Crippen LogP) is 2.58. The number of benzene rings is 1. The first-order valence-electron chi connectivity index (χ1n) is 6.50. The first-order valence-corrected chi connectivity index (χ1v) is 6.88. The number of rotatable bonds is 5. The molecule has 1 aliphatic rings. The molecule has 0 unspecified atom stereocenters. The molecule has 1 fully saturated rings. The molecule has 2 rings (SSSR count). The monoisotopic (exact) mass is 298 g/mol. The maximum Gasteiger partial charge on any atom is 0.226 e. The van der Waals surface area contributed by atoms with Gasteiger partial charge in [0.15, 0.2) is 0 Å². The molecule has 0 saturated heterocycles. The Morgan fingerprint density at radius 2 is 2.15 bits per heavy atom. The molecule has 2 atom stereocenters. The normalized spacial score (nSPS) is 20.4. The van der Waals surface area contributed by atoms with Gasteiger partial charge in [-0.15, -0.1) is 0 Å². The molecule has 4 nitrogen and oxygen atoms in total. The van der Waals surface area contributed by atoms with Crippen LogP contribution >= 0.6 is 11.6 Å². The number of carbonyl (C=O) groups is 2. The summed E-state index contributed by atoms with van der Waals surface area (Å²) in [5.41, 5.74) is 0.346. The molecule has 20 heavy (non-hydrogen) atoms. The van der Waals surface area contributed by atoms with Gasteiger partial charge in [0.2, 0.25) is 11.8 Å². The molecule has 108 valence electrons. The van der Waals surface area contributed by atoms with E-state index in [1.165, 1.54) is 12.1 Å². The molecule has 0 heterocycles. The van der Waals surface area contributed by atoms with E-state index in [0.29, 0.717) is 11.6 Å². The summed E-state index contributed by atoms with van der Waals surface area (Å²) < 4.78 is 13.2. The van der Waals surface area contributed by atoms with Crippen molar-refractivity contribution in [3.8, 4) is 0 Å². The molecular weight excluding hydrogens is 283 g/mol. The predicted molar refractivity (Wildman–Crippen MR) is 74.9 cm³/mol. The Morgan fingerprint density at radius 1 is 1.45 bits per heavy atom. The third kappa shape index (κ3) is 3.93. The number of carbonyl (C=O) groups excluding carboxylic acids is 2. The fourth-order valence-electron chi connectivity index (χ4n) is 1.92. The SMILES string of the molecule is C[C@@H]1C[C@@H]1C(=O)NCCC(=O)Nc1ccc(Cl)c(F)c1.